The summed E-state index contributed by atoms with van der Waals surface area (Å²) in [5.41, 5.74) is 0. The highest BCUT2D eigenvalue weighted by atomic mass is 16.4. The molecule has 1 unspecified atom stereocenters. The predicted octanol–water partition coefficient (Wildman–Crippen LogP) is -0.396. The molecule has 0 heterocycles. The molecule has 13 nitrogen and oxygen atoms in total. The van der Waals surface area contributed by atoms with Crippen molar-refractivity contribution in [2.24, 2.45) is 0 Å². The zero-order valence-electron chi connectivity index (χ0n) is 21.2. The molecule has 0 aromatic rings. The lowest BCUT2D eigenvalue weighted by molar-refractivity contribution is -0.145. The second-order valence-corrected chi connectivity index (χ2v) is 7.63. The summed E-state index contributed by atoms with van der Waals surface area (Å²) in [4.78, 5) is 61.0. The SMILES string of the molecule is CC.CCN(CCN(CCN(CCNCC(=O)O)CC(=O)O)C(CCC(C)=O)C(=O)O)CC(=O)O. The fourth-order valence-electron chi connectivity index (χ4n) is 3.20. The first-order chi connectivity index (χ1) is 16.5. The summed E-state index contributed by atoms with van der Waals surface area (Å²) in [6, 6.07) is -0.991. The van der Waals surface area contributed by atoms with E-state index in [4.69, 9.17) is 15.3 Å². The Hall–Kier alpha value is -2.61. The number of hydrogen-bond donors (Lipinski definition) is 5. The van der Waals surface area contributed by atoms with E-state index in [0.717, 1.165) is 0 Å². The van der Waals surface area contributed by atoms with Gasteiger partial charge in [-0.05, 0) is 19.9 Å². The predicted molar refractivity (Wildman–Crippen MR) is 129 cm³/mol. The minimum atomic E-state index is -1.12. The van der Waals surface area contributed by atoms with Crippen LogP contribution in [0.2, 0.25) is 0 Å². The number of nitrogens with one attached hydrogen (secondary N) is 1. The number of Topliss-reactive ketones (excluding diaryl/α,β-unsaturated/α-hetero) is 1. The lowest BCUT2D eigenvalue weighted by Crippen LogP contribution is -2.49. The van der Waals surface area contributed by atoms with Crippen LogP contribution in [0.4, 0.5) is 0 Å². The van der Waals surface area contributed by atoms with Gasteiger partial charge in [0.25, 0.3) is 0 Å². The summed E-state index contributed by atoms with van der Waals surface area (Å²) >= 11 is 0. The number of likely N-dealkylation sites (N-methyl/N-ethyl adjacent to an activating group) is 1. The van der Waals surface area contributed by atoms with E-state index in [1.54, 1.807) is 21.6 Å². The molecular formula is C22H42N4O9. The number of rotatable bonds is 21. The van der Waals surface area contributed by atoms with Crippen LogP contribution in [0.5, 0.6) is 0 Å². The molecule has 5 N–H and O–H groups in total. The molecule has 0 saturated carbocycles. The molecule has 0 fully saturated rings. The molecule has 0 aromatic heterocycles. The number of carboxylic acids is 4. The quantitative estimate of drug-likeness (QED) is 0.127. The average molecular weight is 507 g/mol. The van der Waals surface area contributed by atoms with Crippen molar-refractivity contribution in [3.63, 3.8) is 0 Å². The molecule has 13 heteroatoms. The van der Waals surface area contributed by atoms with Crippen LogP contribution in [0.15, 0.2) is 0 Å². The fraction of sp³-hybridized carbons (Fsp3) is 0.773. The molecule has 204 valence electrons. The highest BCUT2D eigenvalue weighted by molar-refractivity contribution is 5.78. The van der Waals surface area contributed by atoms with E-state index in [9.17, 15) is 29.1 Å². The Labute approximate surface area is 206 Å². The number of aliphatic carboxylic acids is 4. The standard InChI is InChI=1S/C20H36N4O9.C2H6/c1-3-22(13-18(28)29)8-10-24(16(20(32)33)5-4-15(2)25)11-9-23(14-19(30)31)7-6-21-12-17(26)27;1-2/h16,21H,3-14H2,1-2H3,(H,26,27)(H,28,29)(H,30,31)(H,32,33);1-2H3. The summed E-state index contributed by atoms with van der Waals surface area (Å²) in [7, 11) is 0. The maximum atomic E-state index is 11.9. The van der Waals surface area contributed by atoms with Crippen molar-refractivity contribution in [1.29, 1.82) is 0 Å². The molecule has 0 aliphatic heterocycles. The van der Waals surface area contributed by atoms with Crippen molar-refractivity contribution in [3.8, 4) is 0 Å². The van der Waals surface area contributed by atoms with Gasteiger partial charge in [0.2, 0.25) is 0 Å². The van der Waals surface area contributed by atoms with Gasteiger partial charge in [0.15, 0.2) is 0 Å². The first-order valence-electron chi connectivity index (χ1n) is 11.7. The molecule has 0 spiro atoms. The molecular weight excluding hydrogens is 464 g/mol. The Balaban J connectivity index is 0. The smallest absolute Gasteiger partial charge is 0.320 e. The van der Waals surface area contributed by atoms with Crippen molar-refractivity contribution in [3.05, 3.63) is 0 Å². The van der Waals surface area contributed by atoms with Gasteiger partial charge in [0, 0.05) is 45.7 Å². The van der Waals surface area contributed by atoms with E-state index in [-0.39, 0.29) is 77.5 Å². The first kappa shape index (κ1) is 34.6. The monoisotopic (exact) mass is 506 g/mol. The van der Waals surface area contributed by atoms with Crippen LogP contribution in [0, 0.1) is 0 Å². The molecule has 0 aliphatic rings. The first-order valence-corrected chi connectivity index (χ1v) is 11.7. The van der Waals surface area contributed by atoms with Gasteiger partial charge in [-0.25, -0.2) is 0 Å². The summed E-state index contributed by atoms with van der Waals surface area (Å²) in [5.74, 6) is -4.40. The highest BCUT2D eigenvalue weighted by Gasteiger charge is 2.27. The van der Waals surface area contributed by atoms with Crippen LogP contribution >= 0.6 is 0 Å². The zero-order chi connectivity index (χ0) is 27.4. The second kappa shape index (κ2) is 20.7. The third-order valence-corrected chi connectivity index (χ3v) is 4.95. The van der Waals surface area contributed by atoms with Crippen LogP contribution in [0.3, 0.4) is 0 Å². The van der Waals surface area contributed by atoms with Gasteiger partial charge in [-0.15, -0.1) is 0 Å². The van der Waals surface area contributed by atoms with Gasteiger partial charge in [-0.1, -0.05) is 20.8 Å². The zero-order valence-corrected chi connectivity index (χ0v) is 21.2. The Morgan fingerprint density at radius 3 is 1.71 bits per heavy atom. The number of carbonyl (C=O) groups is 5. The Bertz CT molecular complexity index is 661. The maximum Gasteiger partial charge on any atom is 0.320 e. The average Bonchev–Trinajstić information content (AvgIpc) is 2.76. The topological polar surface area (TPSA) is 188 Å². The molecule has 0 amide bonds. The molecule has 0 saturated heterocycles. The van der Waals surface area contributed by atoms with E-state index in [1.807, 2.05) is 13.8 Å². The van der Waals surface area contributed by atoms with E-state index in [0.29, 0.717) is 6.54 Å². The van der Waals surface area contributed by atoms with Crippen LogP contribution < -0.4 is 5.32 Å². The number of nitrogens with zero attached hydrogens (tertiary/aromatic N) is 3. The van der Waals surface area contributed by atoms with Crippen molar-refractivity contribution >= 4 is 29.7 Å². The van der Waals surface area contributed by atoms with Crippen molar-refractivity contribution in [2.45, 2.75) is 46.6 Å². The Morgan fingerprint density at radius 2 is 1.29 bits per heavy atom. The molecule has 0 rings (SSSR count). The van der Waals surface area contributed by atoms with Gasteiger partial charge in [0.05, 0.1) is 19.6 Å². The lowest BCUT2D eigenvalue weighted by atomic mass is 10.1. The third kappa shape index (κ3) is 19.4. The number of carboxylic acid groups (broad SMARTS) is 4. The van der Waals surface area contributed by atoms with Crippen LogP contribution in [0.1, 0.15) is 40.5 Å². The molecule has 35 heavy (non-hydrogen) atoms. The summed E-state index contributed by atoms with van der Waals surface area (Å²) in [5, 5.41) is 39.3. The fourth-order valence-corrected chi connectivity index (χ4v) is 3.20. The maximum absolute atomic E-state index is 11.9. The minimum absolute atomic E-state index is 0.0675. The van der Waals surface area contributed by atoms with E-state index < -0.39 is 29.9 Å². The second-order valence-electron chi connectivity index (χ2n) is 7.63. The highest BCUT2D eigenvalue weighted by Crippen LogP contribution is 2.10. The van der Waals surface area contributed by atoms with Gasteiger partial charge in [-0.2, -0.15) is 0 Å². The van der Waals surface area contributed by atoms with Crippen molar-refractivity contribution in [2.75, 3.05) is 65.4 Å². The van der Waals surface area contributed by atoms with Gasteiger partial charge in [-0.3, -0.25) is 33.9 Å². The molecule has 1 atom stereocenters. The third-order valence-electron chi connectivity index (χ3n) is 4.95. The Kier molecular flexibility index (Phi) is 20.5. The molecule has 0 aromatic carbocycles. The van der Waals surface area contributed by atoms with Gasteiger partial charge >= 0.3 is 23.9 Å². The van der Waals surface area contributed by atoms with Gasteiger partial charge in [0.1, 0.15) is 11.8 Å². The van der Waals surface area contributed by atoms with Crippen molar-refractivity contribution < 1.29 is 44.4 Å². The summed E-state index contributed by atoms with van der Waals surface area (Å²) < 4.78 is 0. The molecule has 0 bridgehead atoms. The van der Waals surface area contributed by atoms with Crippen LogP contribution in [-0.2, 0) is 24.0 Å². The van der Waals surface area contributed by atoms with E-state index >= 15 is 0 Å². The van der Waals surface area contributed by atoms with Crippen molar-refractivity contribution in [1.82, 2.24) is 20.0 Å². The lowest BCUT2D eigenvalue weighted by Gasteiger charge is -2.32. The normalized spacial score (nSPS) is 11.7. The van der Waals surface area contributed by atoms with Gasteiger partial charge < -0.3 is 30.5 Å². The van der Waals surface area contributed by atoms with E-state index in [1.165, 1.54) is 6.92 Å². The number of ketones is 1. The summed E-state index contributed by atoms with van der Waals surface area (Å²) in [6.07, 6.45) is 0.146. The largest absolute Gasteiger partial charge is 0.480 e. The number of hydrogen-bond acceptors (Lipinski definition) is 9. The van der Waals surface area contributed by atoms with E-state index in [2.05, 4.69) is 5.32 Å². The Morgan fingerprint density at radius 1 is 0.771 bits per heavy atom. The van der Waals surface area contributed by atoms with Crippen LogP contribution in [-0.4, -0.2) is 136 Å². The summed E-state index contributed by atoms with van der Waals surface area (Å²) in [6.45, 7) is 8.16. The molecule has 0 radical (unpaired) electrons. The molecule has 0 aliphatic carbocycles. The minimum Gasteiger partial charge on any atom is -0.480 e. The number of carbonyl (C=O) groups excluding carboxylic acids is 1. The van der Waals surface area contributed by atoms with Crippen LogP contribution in [0.25, 0.3) is 0 Å².